The van der Waals surface area contributed by atoms with Crippen LogP contribution < -0.4 is 5.32 Å². The van der Waals surface area contributed by atoms with Crippen LogP contribution >= 0.6 is 0 Å². The van der Waals surface area contributed by atoms with E-state index in [1.54, 1.807) is 0 Å². The van der Waals surface area contributed by atoms with Crippen LogP contribution in [-0.2, 0) is 0 Å². The number of aromatic amines is 1. The number of benzene rings is 1. The van der Waals surface area contributed by atoms with E-state index in [4.69, 9.17) is 0 Å². The zero-order valence-corrected chi connectivity index (χ0v) is 9.79. The summed E-state index contributed by atoms with van der Waals surface area (Å²) in [5.74, 6) is -0.0660. The van der Waals surface area contributed by atoms with Crippen molar-refractivity contribution in [1.29, 1.82) is 0 Å². The number of amides is 1. The number of aromatic nitrogens is 1. The maximum atomic E-state index is 11.9. The molecule has 1 heterocycles. The van der Waals surface area contributed by atoms with Gasteiger partial charge in [0.1, 0.15) is 5.69 Å². The van der Waals surface area contributed by atoms with Crippen molar-refractivity contribution in [3.05, 3.63) is 36.0 Å². The SMILES string of the molecule is CC(C)(C)NC(=O)c1cc2ccccc2[nH]1. The number of hydrogen-bond acceptors (Lipinski definition) is 1. The molecule has 0 radical (unpaired) electrons. The van der Waals surface area contributed by atoms with Crippen molar-refractivity contribution in [2.45, 2.75) is 26.3 Å². The smallest absolute Gasteiger partial charge is 0.268 e. The average Bonchev–Trinajstić information content (AvgIpc) is 2.58. The third-order valence-corrected chi connectivity index (χ3v) is 2.26. The predicted molar refractivity (Wildman–Crippen MR) is 65.5 cm³/mol. The van der Waals surface area contributed by atoms with Gasteiger partial charge in [0.25, 0.3) is 5.91 Å². The van der Waals surface area contributed by atoms with Crippen LogP contribution in [0.2, 0.25) is 0 Å². The number of rotatable bonds is 1. The lowest BCUT2D eigenvalue weighted by Gasteiger charge is -2.19. The molecule has 1 aromatic heterocycles. The molecule has 0 atom stereocenters. The molecule has 16 heavy (non-hydrogen) atoms. The summed E-state index contributed by atoms with van der Waals surface area (Å²) in [5.41, 5.74) is 1.38. The minimum atomic E-state index is -0.214. The molecule has 2 rings (SSSR count). The Balaban J connectivity index is 2.30. The van der Waals surface area contributed by atoms with E-state index >= 15 is 0 Å². The first-order valence-corrected chi connectivity index (χ1v) is 5.36. The molecule has 0 saturated heterocycles. The summed E-state index contributed by atoms with van der Waals surface area (Å²) in [7, 11) is 0. The summed E-state index contributed by atoms with van der Waals surface area (Å²) in [6, 6.07) is 9.73. The molecule has 1 aromatic carbocycles. The zero-order chi connectivity index (χ0) is 11.8. The monoisotopic (exact) mass is 216 g/mol. The van der Waals surface area contributed by atoms with Gasteiger partial charge in [-0.1, -0.05) is 18.2 Å². The third-order valence-electron chi connectivity index (χ3n) is 2.26. The maximum Gasteiger partial charge on any atom is 0.268 e. The Hall–Kier alpha value is -1.77. The molecule has 0 aliphatic carbocycles. The predicted octanol–water partition coefficient (Wildman–Crippen LogP) is 2.70. The van der Waals surface area contributed by atoms with E-state index in [1.807, 2.05) is 51.1 Å². The minimum absolute atomic E-state index is 0.0660. The Kier molecular flexibility index (Phi) is 2.46. The molecular weight excluding hydrogens is 200 g/mol. The number of nitrogens with one attached hydrogen (secondary N) is 2. The molecule has 0 aliphatic rings. The fourth-order valence-corrected chi connectivity index (χ4v) is 1.60. The Morgan fingerprint density at radius 3 is 2.56 bits per heavy atom. The topological polar surface area (TPSA) is 44.9 Å². The van der Waals surface area contributed by atoms with Crippen molar-refractivity contribution in [2.75, 3.05) is 0 Å². The van der Waals surface area contributed by atoms with E-state index in [9.17, 15) is 4.79 Å². The second-order valence-corrected chi connectivity index (χ2v) is 4.97. The molecule has 84 valence electrons. The van der Waals surface area contributed by atoms with Crippen LogP contribution in [0.1, 0.15) is 31.3 Å². The van der Waals surface area contributed by atoms with Crippen LogP contribution in [0.5, 0.6) is 0 Å². The Labute approximate surface area is 94.9 Å². The van der Waals surface area contributed by atoms with E-state index in [2.05, 4.69) is 10.3 Å². The normalized spacial score (nSPS) is 11.7. The second kappa shape index (κ2) is 3.67. The van der Waals surface area contributed by atoms with Crippen LogP contribution in [0, 0.1) is 0 Å². The van der Waals surface area contributed by atoms with E-state index in [0.717, 1.165) is 10.9 Å². The quantitative estimate of drug-likeness (QED) is 0.756. The summed E-state index contributed by atoms with van der Waals surface area (Å²) in [4.78, 5) is 15.0. The van der Waals surface area contributed by atoms with Gasteiger partial charge in [0.05, 0.1) is 0 Å². The van der Waals surface area contributed by atoms with Gasteiger partial charge in [-0.3, -0.25) is 4.79 Å². The molecule has 0 saturated carbocycles. The standard InChI is InChI=1S/C13H16N2O/c1-13(2,3)15-12(16)11-8-9-6-4-5-7-10(9)14-11/h4-8,14H,1-3H3,(H,15,16). The summed E-state index contributed by atoms with van der Waals surface area (Å²) in [6.45, 7) is 5.90. The van der Waals surface area contributed by atoms with Crippen molar-refractivity contribution in [1.82, 2.24) is 10.3 Å². The highest BCUT2D eigenvalue weighted by Crippen LogP contribution is 2.15. The molecule has 2 aromatic rings. The zero-order valence-electron chi connectivity index (χ0n) is 9.79. The van der Waals surface area contributed by atoms with Crippen molar-refractivity contribution in [3.8, 4) is 0 Å². The Morgan fingerprint density at radius 1 is 1.25 bits per heavy atom. The van der Waals surface area contributed by atoms with E-state index < -0.39 is 0 Å². The van der Waals surface area contributed by atoms with Gasteiger partial charge in [0.15, 0.2) is 0 Å². The van der Waals surface area contributed by atoms with Crippen LogP contribution in [0.4, 0.5) is 0 Å². The molecule has 3 heteroatoms. The van der Waals surface area contributed by atoms with Gasteiger partial charge in [-0.2, -0.15) is 0 Å². The highest BCUT2D eigenvalue weighted by molar-refractivity contribution is 5.98. The maximum absolute atomic E-state index is 11.9. The number of para-hydroxylation sites is 1. The van der Waals surface area contributed by atoms with Gasteiger partial charge in [0, 0.05) is 16.4 Å². The summed E-state index contributed by atoms with van der Waals surface area (Å²) in [6.07, 6.45) is 0. The highest BCUT2D eigenvalue weighted by atomic mass is 16.2. The van der Waals surface area contributed by atoms with Crippen molar-refractivity contribution < 1.29 is 4.79 Å². The van der Waals surface area contributed by atoms with Crippen LogP contribution in [-0.4, -0.2) is 16.4 Å². The Bertz CT molecular complexity index is 487. The first kappa shape index (κ1) is 10.7. The van der Waals surface area contributed by atoms with Crippen molar-refractivity contribution >= 4 is 16.8 Å². The van der Waals surface area contributed by atoms with Gasteiger partial charge in [-0.05, 0) is 32.9 Å². The number of fused-ring (bicyclic) bond motifs is 1. The van der Waals surface area contributed by atoms with Crippen LogP contribution in [0.3, 0.4) is 0 Å². The second-order valence-electron chi connectivity index (χ2n) is 4.97. The van der Waals surface area contributed by atoms with Crippen LogP contribution in [0.25, 0.3) is 10.9 Å². The lowest BCUT2D eigenvalue weighted by molar-refractivity contribution is 0.0915. The van der Waals surface area contributed by atoms with E-state index in [0.29, 0.717) is 5.69 Å². The number of hydrogen-bond donors (Lipinski definition) is 2. The molecular formula is C13H16N2O. The molecule has 2 N–H and O–H groups in total. The van der Waals surface area contributed by atoms with Crippen LogP contribution in [0.15, 0.2) is 30.3 Å². The highest BCUT2D eigenvalue weighted by Gasteiger charge is 2.16. The fraction of sp³-hybridized carbons (Fsp3) is 0.308. The number of carbonyl (C=O) groups is 1. The first-order valence-electron chi connectivity index (χ1n) is 5.36. The van der Waals surface area contributed by atoms with Crippen molar-refractivity contribution in [2.24, 2.45) is 0 Å². The molecule has 0 spiro atoms. The molecule has 0 unspecified atom stereocenters. The van der Waals surface area contributed by atoms with E-state index in [-0.39, 0.29) is 11.4 Å². The fourth-order valence-electron chi connectivity index (χ4n) is 1.60. The molecule has 0 fully saturated rings. The van der Waals surface area contributed by atoms with Gasteiger partial charge in [-0.15, -0.1) is 0 Å². The molecule has 0 bridgehead atoms. The summed E-state index contributed by atoms with van der Waals surface area (Å²) >= 11 is 0. The largest absolute Gasteiger partial charge is 0.351 e. The average molecular weight is 216 g/mol. The summed E-state index contributed by atoms with van der Waals surface area (Å²) < 4.78 is 0. The van der Waals surface area contributed by atoms with Gasteiger partial charge in [0.2, 0.25) is 0 Å². The minimum Gasteiger partial charge on any atom is -0.351 e. The first-order chi connectivity index (χ1) is 7.46. The number of H-pyrrole nitrogens is 1. The molecule has 1 amide bonds. The molecule has 0 aliphatic heterocycles. The third kappa shape index (κ3) is 2.24. The molecule has 3 nitrogen and oxygen atoms in total. The summed E-state index contributed by atoms with van der Waals surface area (Å²) in [5, 5.41) is 3.98. The lowest BCUT2D eigenvalue weighted by atomic mass is 10.1. The van der Waals surface area contributed by atoms with Crippen molar-refractivity contribution in [3.63, 3.8) is 0 Å². The van der Waals surface area contributed by atoms with Gasteiger partial charge >= 0.3 is 0 Å². The van der Waals surface area contributed by atoms with Gasteiger partial charge < -0.3 is 10.3 Å². The van der Waals surface area contributed by atoms with E-state index in [1.165, 1.54) is 0 Å². The lowest BCUT2D eigenvalue weighted by Crippen LogP contribution is -2.40. The Morgan fingerprint density at radius 2 is 1.94 bits per heavy atom. The van der Waals surface area contributed by atoms with Gasteiger partial charge in [-0.25, -0.2) is 0 Å². The number of carbonyl (C=O) groups excluding carboxylic acids is 1.